The number of urea groups is 1. The summed E-state index contributed by atoms with van der Waals surface area (Å²) in [6.07, 6.45) is 1.18. The highest BCUT2D eigenvalue weighted by atomic mass is 19.3. The van der Waals surface area contributed by atoms with Gasteiger partial charge in [0.15, 0.2) is 0 Å². The molecule has 2 N–H and O–H groups in total. The van der Waals surface area contributed by atoms with Crippen LogP contribution in [0.1, 0.15) is 26.7 Å². The average Bonchev–Trinajstić information content (AvgIpc) is 2.72. The summed E-state index contributed by atoms with van der Waals surface area (Å²) in [4.78, 5) is 37.2. The van der Waals surface area contributed by atoms with Crippen LogP contribution >= 0.6 is 0 Å². The van der Waals surface area contributed by atoms with Crippen molar-refractivity contribution in [1.29, 1.82) is 0 Å². The summed E-state index contributed by atoms with van der Waals surface area (Å²) in [7, 11) is 0. The molecule has 0 radical (unpaired) electrons. The van der Waals surface area contributed by atoms with Crippen molar-refractivity contribution in [2.24, 2.45) is 0 Å². The molecule has 1 heterocycles. The Morgan fingerprint density at radius 2 is 1.96 bits per heavy atom. The van der Waals surface area contributed by atoms with Crippen LogP contribution in [0.3, 0.4) is 0 Å². The van der Waals surface area contributed by atoms with Crippen LogP contribution < -0.4 is 15.4 Å². The average molecular weight is 355 g/mol. The van der Waals surface area contributed by atoms with Crippen LogP contribution in [0.25, 0.3) is 0 Å². The number of imide groups is 1. The summed E-state index contributed by atoms with van der Waals surface area (Å²) in [5.74, 6) is -1.07. The number of anilines is 1. The van der Waals surface area contributed by atoms with Crippen molar-refractivity contribution >= 4 is 23.5 Å². The molecule has 2 rings (SSSR count). The van der Waals surface area contributed by atoms with Gasteiger partial charge in [-0.3, -0.25) is 14.5 Å². The molecule has 0 bridgehead atoms. The van der Waals surface area contributed by atoms with Gasteiger partial charge in [-0.05, 0) is 37.6 Å². The third-order valence-corrected chi connectivity index (χ3v) is 3.76. The van der Waals surface area contributed by atoms with Gasteiger partial charge in [-0.2, -0.15) is 8.78 Å². The molecule has 9 heteroatoms. The first kappa shape index (κ1) is 18.6. The molecule has 1 atom stereocenters. The van der Waals surface area contributed by atoms with Crippen LogP contribution in [0.15, 0.2) is 24.3 Å². The summed E-state index contributed by atoms with van der Waals surface area (Å²) in [6.45, 7) is 0.148. The van der Waals surface area contributed by atoms with Gasteiger partial charge in [0, 0.05) is 5.69 Å². The highest BCUT2D eigenvalue weighted by molar-refractivity contribution is 6.09. The zero-order chi connectivity index (χ0) is 18.6. The number of nitrogens with zero attached hydrogens (tertiary/aromatic N) is 1. The quantitative estimate of drug-likeness (QED) is 0.735. The third-order valence-electron chi connectivity index (χ3n) is 3.76. The number of alkyl halides is 2. The molecule has 1 aliphatic heterocycles. The second-order valence-corrected chi connectivity index (χ2v) is 5.85. The summed E-state index contributed by atoms with van der Waals surface area (Å²) in [6, 6.07) is 4.68. The number of nitrogens with one attached hydrogen (secondary N) is 2. The van der Waals surface area contributed by atoms with Crippen LogP contribution in [0, 0.1) is 0 Å². The van der Waals surface area contributed by atoms with Crippen LogP contribution in [-0.4, -0.2) is 41.4 Å². The lowest BCUT2D eigenvalue weighted by atomic mass is 9.96. The zero-order valence-corrected chi connectivity index (χ0v) is 13.8. The van der Waals surface area contributed by atoms with Gasteiger partial charge >= 0.3 is 12.6 Å². The Bertz CT molecular complexity index is 666. The van der Waals surface area contributed by atoms with Crippen molar-refractivity contribution in [3.05, 3.63) is 24.3 Å². The molecule has 1 unspecified atom stereocenters. The molecule has 0 spiro atoms. The third kappa shape index (κ3) is 4.43. The molecular formula is C16H19F2N3O4. The van der Waals surface area contributed by atoms with Gasteiger partial charge in [-0.1, -0.05) is 13.3 Å². The lowest BCUT2D eigenvalue weighted by molar-refractivity contribution is -0.133. The fourth-order valence-corrected chi connectivity index (χ4v) is 2.62. The first-order valence-electron chi connectivity index (χ1n) is 7.74. The Balaban J connectivity index is 1.96. The van der Waals surface area contributed by atoms with E-state index in [2.05, 4.69) is 15.4 Å². The number of hydrogen-bond acceptors (Lipinski definition) is 4. The smallest absolute Gasteiger partial charge is 0.387 e. The second kappa shape index (κ2) is 7.45. The van der Waals surface area contributed by atoms with E-state index < -0.39 is 36.5 Å². The highest BCUT2D eigenvalue weighted by Gasteiger charge is 2.47. The van der Waals surface area contributed by atoms with Crippen LogP contribution in [0.2, 0.25) is 0 Å². The molecule has 1 aromatic carbocycles. The van der Waals surface area contributed by atoms with Crippen molar-refractivity contribution < 1.29 is 27.9 Å². The Morgan fingerprint density at radius 3 is 2.52 bits per heavy atom. The summed E-state index contributed by atoms with van der Waals surface area (Å²) < 4.78 is 28.4. The Morgan fingerprint density at radius 1 is 1.32 bits per heavy atom. The summed E-state index contributed by atoms with van der Waals surface area (Å²) in [5.41, 5.74) is -0.671. The molecule has 0 aromatic heterocycles. The van der Waals surface area contributed by atoms with Gasteiger partial charge in [0.1, 0.15) is 17.8 Å². The number of ether oxygens (including phenoxy) is 1. The molecule has 136 valence electrons. The maximum atomic E-state index is 12.3. The minimum Gasteiger partial charge on any atom is -0.435 e. The van der Waals surface area contributed by atoms with E-state index in [-0.39, 0.29) is 5.75 Å². The normalized spacial score (nSPS) is 20.0. The minimum atomic E-state index is -2.93. The summed E-state index contributed by atoms with van der Waals surface area (Å²) >= 11 is 0. The molecule has 4 amide bonds. The van der Waals surface area contributed by atoms with Crippen molar-refractivity contribution in [3.8, 4) is 5.75 Å². The molecule has 7 nitrogen and oxygen atoms in total. The second-order valence-electron chi connectivity index (χ2n) is 5.85. The summed E-state index contributed by atoms with van der Waals surface area (Å²) in [5, 5.41) is 5.09. The van der Waals surface area contributed by atoms with E-state index in [1.807, 2.05) is 6.92 Å². The highest BCUT2D eigenvalue weighted by Crippen LogP contribution is 2.23. The number of hydrogen-bond donors (Lipinski definition) is 2. The van der Waals surface area contributed by atoms with E-state index in [0.29, 0.717) is 18.5 Å². The Kier molecular flexibility index (Phi) is 5.55. The lowest BCUT2D eigenvalue weighted by Crippen LogP contribution is -2.44. The maximum Gasteiger partial charge on any atom is 0.387 e. The molecule has 0 aliphatic carbocycles. The fraction of sp³-hybridized carbons (Fsp3) is 0.438. The number of benzene rings is 1. The fourth-order valence-electron chi connectivity index (χ4n) is 2.62. The Hall–Kier alpha value is -2.71. The number of amides is 4. The van der Waals surface area contributed by atoms with Gasteiger partial charge in [-0.25, -0.2) is 4.79 Å². The van der Waals surface area contributed by atoms with Crippen molar-refractivity contribution in [2.45, 2.75) is 38.8 Å². The van der Waals surface area contributed by atoms with Crippen LogP contribution in [0.5, 0.6) is 5.75 Å². The predicted octanol–water partition coefficient (Wildman–Crippen LogP) is 2.34. The van der Waals surface area contributed by atoms with Gasteiger partial charge in [0.25, 0.3) is 5.91 Å². The molecule has 1 saturated heterocycles. The maximum absolute atomic E-state index is 12.3. The number of carbonyl (C=O) groups excluding carboxylic acids is 3. The van der Waals surface area contributed by atoms with Crippen molar-refractivity contribution in [1.82, 2.24) is 10.2 Å². The lowest BCUT2D eigenvalue weighted by Gasteiger charge is -2.20. The topological polar surface area (TPSA) is 87.7 Å². The standard InChI is InChI=1S/C16H19F2N3O4/c1-3-8-16(2)13(23)21(15(24)20-16)9-12(22)19-10-4-6-11(7-5-10)25-14(17)18/h4-7,14H,3,8-9H2,1-2H3,(H,19,22)(H,20,24). The number of halogens is 2. The monoisotopic (exact) mass is 355 g/mol. The minimum absolute atomic E-state index is 0.0440. The number of carbonyl (C=O) groups is 3. The van der Waals surface area contributed by atoms with Crippen molar-refractivity contribution in [2.75, 3.05) is 11.9 Å². The van der Waals surface area contributed by atoms with E-state index in [1.54, 1.807) is 6.92 Å². The van der Waals surface area contributed by atoms with Crippen molar-refractivity contribution in [3.63, 3.8) is 0 Å². The van der Waals surface area contributed by atoms with Crippen LogP contribution in [0.4, 0.5) is 19.3 Å². The largest absolute Gasteiger partial charge is 0.435 e. The van der Waals surface area contributed by atoms with Gasteiger partial charge in [0.2, 0.25) is 5.91 Å². The van der Waals surface area contributed by atoms with E-state index in [9.17, 15) is 23.2 Å². The van der Waals surface area contributed by atoms with E-state index in [4.69, 9.17) is 0 Å². The molecule has 1 fully saturated rings. The van der Waals surface area contributed by atoms with E-state index >= 15 is 0 Å². The van der Waals surface area contributed by atoms with Crippen LogP contribution in [-0.2, 0) is 9.59 Å². The zero-order valence-electron chi connectivity index (χ0n) is 13.8. The molecule has 1 aromatic rings. The SMILES string of the molecule is CCCC1(C)NC(=O)N(CC(=O)Nc2ccc(OC(F)F)cc2)C1=O. The first-order valence-corrected chi connectivity index (χ1v) is 7.74. The molecule has 1 aliphatic rings. The molecular weight excluding hydrogens is 336 g/mol. The van der Waals surface area contributed by atoms with Gasteiger partial charge in [-0.15, -0.1) is 0 Å². The predicted molar refractivity (Wildman–Crippen MR) is 85.3 cm³/mol. The van der Waals surface area contributed by atoms with Gasteiger partial charge < -0.3 is 15.4 Å². The van der Waals surface area contributed by atoms with E-state index in [0.717, 1.165) is 4.90 Å². The Labute approximate surface area is 143 Å². The number of rotatable bonds is 7. The molecule has 0 saturated carbocycles. The van der Waals surface area contributed by atoms with Gasteiger partial charge in [0.05, 0.1) is 0 Å². The molecule has 25 heavy (non-hydrogen) atoms. The first-order chi connectivity index (χ1) is 11.7. The van der Waals surface area contributed by atoms with E-state index in [1.165, 1.54) is 24.3 Å².